The number of nitrogens with two attached hydrogens (primary N) is 2. The van der Waals surface area contributed by atoms with Crippen LogP contribution in [0, 0.1) is 0 Å². The number of para-hydroxylation sites is 1. The maximum absolute atomic E-state index is 5.96. The lowest BCUT2D eigenvalue weighted by Gasteiger charge is -2.36. The van der Waals surface area contributed by atoms with Gasteiger partial charge in [0, 0.05) is 50.7 Å². The maximum Gasteiger partial charge on any atom is 0.222 e. The minimum Gasteiger partial charge on any atom is -0.492 e. The molecule has 0 spiro atoms. The average Bonchev–Trinajstić information content (AvgIpc) is 2.66. The van der Waals surface area contributed by atoms with Crippen LogP contribution in [0.5, 0.6) is 5.75 Å². The Hall–Kier alpha value is -2.38. The molecule has 0 atom stereocenters. The van der Waals surface area contributed by atoms with Gasteiger partial charge in [0.2, 0.25) is 5.95 Å². The Labute approximate surface area is 160 Å². The standard InChI is InChI=1S/C20H28N6O/c21-16-12-15(13-16)18-14-19(24-20(22)23-18)26-8-6-25(7-9-26)10-11-27-17-4-2-1-3-5-17/h1-5,14-16H,6-13,21H2,(H2,22,23,24). The maximum atomic E-state index is 5.96. The topological polar surface area (TPSA) is 93.5 Å². The zero-order chi connectivity index (χ0) is 18.6. The molecular weight excluding hydrogens is 340 g/mol. The Morgan fingerprint density at radius 1 is 1.04 bits per heavy atom. The van der Waals surface area contributed by atoms with Gasteiger partial charge in [0.05, 0.1) is 5.69 Å². The molecule has 0 amide bonds. The average molecular weight is 368 g/mol. The monoisotopic (exact) mass is 368 g/mol. The van der Waals surface area contributed by atoms with Crippen molar-refractivity contribution in [3.8, 4) is 5.75 Å². The third kappa shape index (κ3) is 4.48. The van der Waals surface area contributed by atoms with E-state index in [1.165, 1.54) is 0 Å². The molecule has 1 aliphatic carbocycles. The molecule has 1 aromatic carbocycles. The van der Waals surface area contributed by atoms with Gasteiger partial charge in [0.25, 0.3) is 0 Å². The lowest BCUT2D eigenvalue weighted by Crippen LogP contribution is -2.48. The normalized spacial score (nSPS) is 23.1. The highest BCUT2D eigenvalue weighted by Gasteiger charge is 2.29. The SMILES string of the molecule is Nc1nc(C2CC(N)C2)cc(N2CCN(CCOc3ccccc3)CC2)n1. The van der Waals surface area contributed by atoms with Crippen molar-refractivity contribution in [3.05, 3.63) is 42.1 Å². The fourth-order valence-electron chi connectivity index (χ4n) is 3.76. The van der Waals surface area contributed by atoms with Crippen molar-refractivity contribution < 1.29 is 4.74 Å². The Morgan fingerprint density at radius 3 is 2.48 bits per heavy atom. The van der Waals surface area contributed by atoms with Crippen LogP contribution < -0.4 is 21.1 Å². The number of piperazine rings is 1. The largest absolute Gasteiger partial charge is 0.492 e. The van der Waals surface area contributed by atoms with Crippen molar-refractivity contribution in [1.29, 1.82) is 0 Å². The number of aromatic nitrogens is 2. The number of hydrogen-bond donors (Lipinski definition) is 2. The van der Waals surface area contributed by atoms with Crippen LogP contribution in [0.15, 0.2) is 36.4 Å². The molecule has 4 N–H and O–H groups in total. The first kappa shape index (κ1) is 18.0. The van der Waals surface area contributed by atoms with Crippen molar-refractivity contribution in [2.24, 2.45) is 5.73 Å². The van der Waals surface area contributed by atoms with E-state index in [1.54, 1.807) is 0 Å². The number of nitrogens with zero attached hydrogens (tertiary/aromatic N) is 4. The third-order valence-electron chi connectivity index (χ3n) is 5.46. The molecule has 1 aliphatic heterocycles. The fraction of sp³-hybridized carbons (Fsp3) is 0.500. The van der Waals surface area contributed by atoms with Gasteiger partial charge in [-0.2, -0.15) is 4.98 Å². The predicted molar refractivity (Wildman–Crippen MR) is 107 cm³/mol. The third-order valence-corrected chi connectivity index (χ3v) is 5.46. The first-order chi connectivity index (χ1) is 13.2. The van der Waals surface area contributed by atoms with Gasteiger partial charge in [0.1, 0.15) is 18.2 Å². The molecule has 1 aromatic heterocycles. The van der Waals surface area contributed by atoms with E-state index in [0.717, 1.165) is 62.8 Å². The molecule has 0 radical (unpaired) electrons. The summed E-state index contributed by atoms with van der Waals surface area (Å²) in [7, 11) is 0. The molecule has 7 nitrogen and oxygen atoms in total. The van der Waals surface area contributed by atoms with Crippen molar-refractivity contribution in [2.75, 3.05) is 50.0 Å². The lowest BCUT2D eigenvalue weighted by atomic mass is 9.78. The van der Waals surface area contributed by atoms with Crippen LogP contribution in [-0.4, -0.2) is 60.2 Å². The summed E-state index contributed by atoms with van der Waals surface area (Å²) in [5.74, 6) is 2.66. The summed E-state index contributed by atoms with van der Waals surface area (Å²) in [6, 6.07) is 12.4. The Balaban J connectivity index is 1.27. The van der Waals surface area contributed by atoms with Crippen LogP contribution in [-0.2, 0) is 0 Å². The highest BCUT2D eigenvalue weighted by Crippen LogP contribution is 2.35. The van der Waals surface area contributed by atoms with Crippen LogP contribution in [0.4, 0.5) is 11.8 Å². The van der Waals surface area contributed by atoms with Gasteiger partial charge in [-0.15, -0.1) is 0 Å². The van der Waals surface area contributed by atoms with E-state index in [0.29, 0.717) is 24.5 Å². The van der Waals surface area contributed by atoms with Crippen LogP contribution in [0.2, 0.25) is 0 Å². The van der Waals surface area contributed by atoms with Gasteiger partial charge in [0.15, 0.2) is 0 Å². The number of benzene rings is 1. The summed E-state index contributed by atoms with van der Waals surface area (Å²) in [4.78, 5) is 13.6. The van der Waals surface area contributed by atoms with Crippen LogP contribution in [0.25, 0.3) is 0 Å². The number of rotatable bonds is 6. The molecule has 2 aromatic rings. The van der Waals surface area contributed by atoms with Crippen molar-refractivity contribution in [3.63, 3.8) is 0 Å². The second-order valence-electron chi connectivity index (χ2n) is 7.43. The van der Waals surface area contributed by atoms with E-state index >= 15 is 0 Å². The molecular formula is C20H28N6O. The van der Waals surface area contributed by atoms with Gasteiger partial charge >= 0.3 is 0 Å². The Kier molecular flexibility index (Phi) is 5.40. The second-order valence-corrected chi connectivity index (χ2v) is 7.43. The number of hydrogen-bond acceptors (Lipinski definition) is 7. The van der Waals surface area contributed by atoms with Crippen LogP contribution in [0.3, 0.4) is 0 Å². The quantitative estimate of drug-likeness (QED) is 0.797. The van der Waals surface area contributed by atoms with Crippen molar-refractivity contribution >= 4 is 11.8 Å². The summed E-state index contributed by atoms with van der Waals surface area (Å²) >= 11 is 0. The Bertz CT molecular complexity index is 741. The predicted octanol–water partition coefficient (Wildman–Crippen LogP) is 1.46. The van der Waals surface area contributed by atoms with Gasteiger partial charge in [-0.1, -0.05) is 18.2 Å². The molecule has 4 rings (SSSR count). The van der Waals surface area contributed by atoms with Gasteiger partial charge < -0.3 is 21.1 Å². The van der Waals surface area contributed by atoms with E-state index in [1.807, 2.05) is 30.3 Å². The summed E-state index contributed by atoms with van der Waals surface area (Å²) < 4.78 is 5.80. The molecule has 1 saturated heterocycles. The van der Waals surface area contributed by atoms with Gasteiger partial charge in [-0.05, 0) is 25.0 Å². The van der Waals surface area contributed by atoms with Crippen LogP contribution in [0.1, 0.15) is 24.5 Å². The molecule has 2 heterocycles. The summed E-state index contributed by atoms with van der Waals surface area (Å²) in [6.07, 6.45) is 1.98. The molecule has 1 saturated carbocycles. The van der Waals surface area contributed by atoms with Crippen LogP contribution >= 0.6 is 0 Å². The molecule has 27 heavy (non-hydrogen) atoms. The number of nitrogen functional groups attached to an aromatic ring is 1. The van der Waals surface area contributed by atoms with E-state index in [2.05, 4.69) is 25.8 Å². The highest BCUT2D eigenvalue weighted by atomic mass is 16.5. The van der Waals surface area contributed by atoms with E-state index in [-0.39, 0.29) is 0 Å². The summed E-state index contributed by atoms with van der Waals surface area (Å²) in [5.41, 5.74) is 12.9. The first-order valence-electron chi connectivity index (χ1n) is 9.72. The van der Waals surface area contributed by atoms with E-state index < -0.39 is 0 Å². The minimum atomic E-state index is 0.302. The Morgan fingerprint density at radius 2 is 1.78 bits per heavy atom. The van der Waals surface area contributed by atoms with Gasteiger partial charge in [-0.3, -0.25) is 4.90 Å². The number of ether oxygens (including phenoxy) is 1. The molecule has 7 heteroatoms. The zero-order valence-electron chi connectivity index (χ0n) is 15.6. The van der Waals surface area contributed by atoms with Gasteiger partial charge in [-0.25, -0.2) is 4.98 Å². The summed E-state index contributed by atoms with van der Waals surface area (Å²) in [6.45, 7) is 5.49. The smallest absolute Gasteiger partial charge is 0.222 e. The second kappa shape index (κ2) is 8.10. The van der Waals surface area contributed by atoms with Crippen molar-refractivity contribution in [1.82, 2.24) is 14.9 Å². The molecule has 2 aliphatic rings. The highest BCUT2D eigenvalue weighted by molar-refractivity contribution is 5.45. The molecule has 0 unspecified atom stereocenters. The molecule has 2 fully saturated rings. The first-order valence-corrected chi connectivity index (χ1v) is 9.72. The minimum absolute atomic E-state index is 0.302. The fourth-order valence-corrected chi connectivity index (χ4v) is 3.76. The molecule has 144 valence electrons. The number of anilines is 2. The molecule has 0 bridgehead atoms. The van der Waals surface area contributed by atoms with E-state index in [9.17, 15) is 0 Å². The zero-order valence-corrected chi connectivity index (χ0v) is 15.6. The van der Waals surface area contributed by atoms with Crippen molar-refractivity contribution in [2.45, 2.75) is 24.8 Å². The summed E-state index contributed by atoms with van der Waals surface area (Å²) in [5, 5.41) is 0. The lowest BCUT2D eigenvalue weighted by molar-refractivity contribution is 0.200. The van der Waals surface area contributed by atoms with E-state index in [4.69, 9.17) is 16.2 Å².